The highest BCUT2D eigenvalue weighted by Gasteiger charge is 2.24. The van der Waals surface area contributed by atoms with Gasteiger partial charge in [-0.25, -0.2) is 0 Å². The van der Waals surface area contributed by atoms with E-state index in [0.717, 1.165) is 19.6 Å². The summed E-state index contributed by atoms with van der Waals surface area (Å²) >= 11 is 0. The van der Waals surface area contributed by atoms with Gasteiger partial charge in [0.25, 0.3) is 0 Å². The number of pyridine rings is 1. The minimum atomic E-state index is 0.451. The van der Waals surface area contributed by atoms with Crippen LogP contribution in [0.25, 0.3) is 0 Å². The molecule has 0 fully saturated rings. The van der Waals surface area contributed by atoms with E-state index in [4.69, 9.17) is 0 Å². The lowest BCUT2D eigenvalue weighted by Gasteiger charge is -2.26. The van der Waals surface area contributed by atoms with Gasteiger partial charge in [-0.1, -0.05) is 19.9 Å². The molecular formula is C15H25N3. The molecule has 0 amide bonds. The zero-order valence-electron chi connectivity index (χ0n) is 11.8. The predicted octanol–water partition coefficient (Wildman–Crippen LogP) is 2.39. The second-order valence-electron chi connectivity index (χ2n) is 5.19. The van der Waals surface area contributed by atoms with Gasteiger partial charge in [-0.3, -0.25) is 4.98 Å². The number of hydrogen-bond donors (Lipinski definition) is 1. The highest BCUT2D eigenvalue weighted by Crippen LogP contribution is 2.29. The number of hydrogen-bond acceptors (Lipinski definition) is 3. The van der Waals surface area contributed by atoms with Gasteiger partial charge in [-0.15, -0.1) is 0 Å². The van der Waals surface area contributed by atoms with Crippen LogP contribution in [0.2, 0.25) is 0 Å². The Morgan fingerprint density at radius 3 is 2.94 bits per heavy atom. The summed E-state index contributed by atoms with van der Waals surface area (Å²) < 4.78 is 0. The first kappa shape index (κ1) is 13.5. The second kappa shape index (κ2) is 6.30. The molecule has 0 aromatic carbocycles. The lowest BCUT2D eigenvalue weighted by Crippen LogP contribution is -2.40. The van der Waals surface area contributed by atoms with Crippen LogP contribution < -0.4 is 5.32 Å². The maximum absolute atomic E-state index is 4.54. The van der Waals surface area contributed by atoms with Crippen molar-refractivity contribution in [1.29, 1.82) is 0 Å². The molecular weight excluding hydrogens is 222 g/mol. The van der Waals surface area contributed by atoms with Gasteiger partial charge in [0, 0.05) is 18.8 Å². The number of aryl methyl sites for hydroxylation is 1. The first-order valence-electron chi connectivity index (χ1n) is 7.16. The van der Waals surface area contributed by atoms with E-state index in [1.54, 1.807) is 0 Å². The third-order valence-electron chi connectivity index (χ3n) is 3.87. The van der Waals surface area contributed by atoms with Crippen LogP contribution in [-0.4, -0.2) is 35.6 Å². The van der Waals surface area contributed by atoms with E-state index in [9.17, 15) is 0 Å². The van der Waals surface area contributed by atoms with E-state index in [0.29, 0.717) is 12.1 Å². The summed E-state index contributed by atoms with van der Waals surface area (Å²) in [7, 11) is 0. The lowest BCUT2D eigenvalue weighted by atomic mass is 10.2. The number of nitrogens with zero attached hydrogens (tertiary/aromatic N) is 2. The fourth-order valence-corrected chi connectivity index (χ4v) is 2.84. The van der Waals surface area contributed by atoms with Crippen molar-refractivity contribution in [3.8, 4) is 0 Å². The predicted molar refractivity (Wildman–Crippen MR) is 75.7 cm³/mol. The Labute approximate surface area is 111 Å². The summed E-state index contributed by atoms with van der Waals surface area (Å²) in [5, 5.41) is 3.73. The molecule has 100 valence electrons. The molecule has 18 heavy (non-hydrogen) atoms. The minimum absolute atomic E-state index is 0.451. The van der Waals surface area contributed by atoms with E-state index in [1.165, 1.54) is 24.1 Å². The summed E-state index contributed by atoms with van der Waals surface area (Å²) in [6, 6.07) is 5.22. The summed E-state index contributed by atoms with van der Waals surface area (Å²) in [5.41, 5.74) is 2.69. The van der Waals surface area contributed by atoms with Crippen LogP contribution in [0.15, 0.2) is 18.3 Å². The smallest absolute Gasteiger partial charge is 0.0605 e. The average molecular weight is 247 g/mol. The van der Waals surface area contributed by atoms with Crippen LogP contribution in [0.5, 0.6) is 0 Å². The Bertz CT molecular complexity index is 374. The molecule has 0 aliphatic heterocycles. The normalized spacial score (nSPS) is 20.1. The van der Waals surface area contributed by atoms with Crippen molar-refractivity contribution in [3.05, 3.63) is 29.6 Å². The van der Waals surface area contributed by atoms with Crippen molar-refractivity contribution >= 4 is 0 Å². The van der Waals surface area contributed by atoms with Gasteiger partial charge in [0.05, 0.1) is 11.7 Å². The Morgan fingerprint density at radius 1 is 1.44 bits per heavy atom. The molecule has 0 bridgehead atoms. The minimum Gasteiger partial charge on any atom is -0.305 e. The molecule has 1 aromatic heterocycles. The fraction of sp³-hybridized carbons (Fsp3) is 0.667. The Kier molecular flexibility index (Phi) is 4.72. The van der Waals surface area contributed by atoms with E-state index in [1.807, 2.05) is 12.3 Å². The van der Waals surface area contributed by atoms with Gasteiger partial charge in [0.15, 0.2) is 0 Å². The van der Waals surface area contributed by atoms with Crippen molar-refractivity contribution in [2.75, 3.05) is 19.6 Å². The molecule has 1 aromatic rings. The van der Waals surface area contributed by atoms with E-state index >= 15 is 0 Å². The Hall–Kier alpha value is -0.930. The van der Waals surface area contributed by atoms with Crippen molar-refractivity contribution in [2.45, 2.75) is 45.7 Å². The molecule has 1 heterocycles. The molecule has 3 nitrogen and oxygen atoms in total. The second-order valence-corrected chi connectivity index (χ2v) is 5.19. The van der Waals surface area contributed by atoms with Gasteiger partial charge in [-0.2, -0.15) is 0 Å². The van der Waals surface area contributed by atoms with Crippen LogP contribution in [-0.2, 0) is 6.42 Å². The first-order valence-corrected chi connectivity index (χ1v) is 7.16. The third kappa shape index (κ3) is 3.09. The number of fused-ring (bicyclic) bond motifs is 1. The molecule has 3 heteroatoms. The Balaban J connectivity index is 1.91. The number of aromatic nitrogens is 1. The van der Waals surface area contributed by atoms with E-state index < -0.39 is 0 Å². The highest BCUT2D eigenvalue weighted by molar-refractivity contribution is 5.27. The van der Waals surface area contributed by atoms with Gasteiger partial charge < -0.3 is 10.2 Å². The molecule has 1 aliphatic rings. The largest absolute Gasteiger partial charge is 0.305 e. The van der Waals surface area contributed by atoms with Crippen LogP contribution in [0, 0.1) is 0 Å². The zero-order valence-corrected chi connectivity index (χ0v) is 11.8. The van der Waals surface area contributed by atoms with Gasteiger partial charge >= 0.3 is 0 Å². The molecule has 0 saturated heterocycles. The first-order chi connectivity index (χ1) is 8.74. The Morgan fingerprint density at radius 2 is 2.22 bits per heavy atom. The molecule has 0 spiro atoms. The number of likely N-dealkylation sites (N-methyl/N-ethyl adjacent to an activating group) is 1. The van der Waals surface area contributed by atoms with Gasteiger partial charge in [-0.05, 0) is 44.5 Å². The molecule has 1 aliphatic carbocycles. The molecule has 0 radical (unpaired) electrons. The SMILES string of the molecule is CCN(CC)CC(C)NC1CCc2cccnc21. The van der Waals surface area contributed by atoms with Crippen molar-refractivity contribution in [2.24, 2.45) is 0 Å². The number of rotatable bonds is 6. The molecule has 2 rings (SSSR count). The van der Waals surface area contributed by atoms with Crippen LogP contribution in [0.1, 0.15) is 44.5 Å². The summed E-state index contributed by atoms with van der Waals surface area (Å²) in [5.74, 6) is 0. The van der Waals surface area contributed by atoms with Crippen LogP contribution in [0.4, 0.5) is 0 Å². The summed E-state index contributed by atoms with van der Waals surface area (Å²) in [4.78, 5) is 7.00. The number of nitrogens with one attached hydrogen (secondary N) is 1. The highest BCUT2D eigenvalue weighted by atomic mass is 15.1. The standard InChI is InChI=1S/C15H25N3/c1-4-18(5-2)11-12(3)17-14-9-8-13-7-6-10-16-15(13)14/h6-7,10,12,14,17H,4-5,8-9,11H2,1-3H3. The quantitative estimate of drug-likeness (QED) is 0.836. The lowest BCUT2D eigenvalue weighted by molar-refractivity contribution is 0.260. The maximum atomic E-state index is 4.54. The monoisotopic (exact) mass is 247 g/mol. The molecule has 2 unspecified atom stereocenters. The topological polar surface area (TPSA) is 28.2 Å². The zero-order chi connectivity index (χ0) is 13.0. The molecule has 0 saturated carbocycles. The maximum Gasteiger partial charge on any atom is 0.0605 e. The third-order valence-corrected chi connectivity index (χ3v) is 3.87. The van der Waals surface area contributed by atoms with Crippen molar-refractivity contribution < 1.29 is 0 Å². The fourth-order valence-electron chi connectivity index (χ4n) is 2.84. The van der Waals surface area contributed by atoms with Crippen molar-refractivity contribution in [3.63, 3.8) is 0 Å². The molecule has 2 atom stereocenters. The van der Waals surface area contributed by atoms with E-state index in [2.05, 4.69) is 42.0 Å². The average Bonchev–Trinajstić information content (AvgIpc) is 2.79. The van der Waals surface area contributed by atoms with Crippen molar-refractivity contribution in [1.82, 2.24) is 15.2 Å². The van der Waals surface area contributed by atoms with Crippen LogP contribution in [0.3, 0.4) is 0 Å². The summed E-state index contributed by atoms with van der Waals surface area (Å²) in [6.07, 6.45) is 4.27. The van der Waals surface area contributed by atoms with Crippen LogP contribution >= 0.6 is 0 Å². The van der Waals surface area contributed by atoms with E-state index in [-0.39, 0.29) is 0 Å². The van der Waals surface area contributed by atoms with Gasteiger partial charge in [0.2, 0.25) is 0 Å². The van der Waals surface area contributed by atoms with Gasteiger partial charge in [0.1, 0.15) is 0 Å². The summed E-state index contributed by atoms with van der Waals surface area (Å²) in [6.45, 7) is 10.1. The molecule has 1 N–H and O–H groups in total.